The molecule has 57 heavy (non-hydrogen) atoms. The Balaban J connectivity index is 1.19. The number of nitrogens with zero attached hydrogens (tertiary/aromatic N) is 2. The lowest BCUT2D eigenvalue weighted by molar-refractivity contribution is 0.669. The van der Waals surface area contributed by atoms with Crippen molar-refractivity contribution in [3.05, 3.63) is 212 Å². The van der Waals surface area contributed by atoms with Crippen molar-refractivity contribution in [3.8, 4) is 33.4 Å². The van der Waals surface area contributed by atoms with Gasteiger partial charge in [0.05, 0.1) is 11.2 Å². The van der Waals surface area contributed by atoms with Crippen LogP contribution in [0.3, 0.4) is 0 Å². The maximum atomic E-state index is 6.29. The number of furan rings is 1. The largest absolute Gasteiger partial charge is 0.456 e. The monoisotopic (exact) mass is 732 g/mol. The summed E-state index contributed by atoms with van der Waals surface area (Å²) in [6.07, 6.45) is 8.50. The van der Waals surface area contributed by atoms with E-state index < -0.39 is 0 Å². The zero-order valence-electron chi connectivity index (χ0n) is 31.7. The first-order valence-electron chi connectivity index (χ1n) is 19.6. The normalized spacial score (nSPS) is 11.9. The lowest BCUT2D eigenvalue weighted by Crippen LogP contribution is -2.11. The Kier molecular flexibility index (Phi) is 8.81. The highest BCUT2D eigenvalue weighted by molar-refractivity contribution is 6.15. The number of fused-ring (bicyclic) bond motifs is 6. The van der Waals surface area contributed by atoms with Crippen LogP contribution in [0.5, 0.6) is 0 Å². The van der Waals surface area contributed by atoms with Crippen LogP contribution in [0.15, 0.2) is 217 Å². The van der Waals surface area contributed by atoms with Gasteiger partial charge in [0.2, 0.25) is 0 Å². The molecule has 0 unspecified atom stereocenters. The first-order chi connectivity index (χ1) is 28.2. The molecule has 272 valence electrons. The molecule has 0 atom stereocenters. The fourth-order valence-corrected chi connectivity index (χ4v) is 8.35. The van der Waals surface area contributed by atoms with Gasteiger partial charge in [-0.1, -0.05) is 152 Å². The highest BCUT2D eigenvalue weighted by Crippen LogP contribution is 2.46. The van der Waals surface area contributed by atoms with Crippen LogP contribution in [-0.4, -0.2) is 4.57 Å². The molecule has 0 fully saturated rings. The van der Waals surface area contributed by atoms with E-state index in [9.17, 15) is 0 Å². The number of hydrogen-bond donors (Lipinski definition) is 0. The van der Waals surface area contributed by atoms with Crippen molar-refractivity contribution >= 4 is 60.8 Å². The molecule has 0 radical (unpaired) electrons. The predicted molar refractivity (Wildman–Crippen MR) is 242 cm³/mol. The number of aromatic nitrogens is 1. The summed E-state index contributed by atoms with van der Waals surface area (Å²) in [6.45, 7) is 2.84. The third-order valence-corrected chi connectivity index (χ3v) is 11.0. The van der Waals surface area contributed by atoms with Gasteiger partial charge in [0.25, 0.3) is 0 Å². The minimum absolute atomic E-state index is 0.792. The molecule has 8 aromatic carbocycles. The summed E-state index contributed by atoms with van der Waals surface area (Å²) in [7, 11) is 0. The van der Waals surface area contributed by atoms with Crippen LogP contribution in [0.25, 0.3) is 77.1 Å². The zero-order valence-corrected chi connectivity index (χ0v) is 31.7. The van der Waals surface area contributed by atoms with Crippen LogP contribution in [0, 0.1) is 0 Å². The Morgan fingerprint density at radius 2 is 1.12 bits per heavy atom. The van der Waals surface area contributed by atoms with Gasteiger partial charge in [-0.3, -0.25) is 0 Å². The maximum Gasteiger partial charge on any atom is 0.135 e. The van der Waals surface area contributed by atoms with Gasteiger partial charge >= 0.3 is 0 Å². The third-order valence-electron chi connectivity index (χ3n) is 11.0. The highest BCUT2D eigenvalue weighted by Gasteiger charge is 2.21. The molecule has 3 nitrogen and oxygen atoms in total. The van der Waals surface area contributed by atoms with Gasteiger partial charge in [-0.2, -0.15) is 0 Å². The second kappa shape index (κ2) is 14.7. The topological polar surface area (TPSA) is 21.3 Å². The predicted octanol–water partition coefficient (Wildman–Crippen LogP) is 15.3. The number of benzene rings is 8. The average molecular weight is 733 g/mol. The molecule has 0 amide bonds. The molecular weight excluding hydrogens is 693 g/mol. The Hall–Kier alpha value is -7.36. The summed E-state index contributed by atoms with van der Waals surface area (Å²) in [4.78, 5) is 2.39. The summed E-state index contributed by atoms with van der Waals surface area (Å²) < 4.78 is 8.72. The van der Waals surface area contributed by atoms with E-state index in [4.69, 9.17) is 4.42 Å². The van der Waals surface area contributed by atoms with E-state index in [-0.39, 0.29) is 0 Å². The van der Waals surface area contributed by atoms with Gasteiger partial charge < -0.3 is 13.9 Å². The van der Waals surface area contributed by atoms with E-state index in [1.54, 1.807) is 0 Å². The fraction of sp³-hybridized carbons (Fsp3) is 0.0370. The van der Waals surface area contributed by atoms with Crippen molar-refractivity contribution in [2.45, 2.75) is 13.5 Å². The van der Waals surface area contributed by atoms with Crippen molar-refractivity contribution in [3.63, 3.8) is 0 Å². The van der Waals surface area contributed by atoms with E-state index in [1.165, 1.54) is 44.1 Å². The van der Waals surface area contributed by atoms with E-state index in [1.807, 2.05) is 19.1 Å². The molecule has 2 aromatic heterocycles. The van der Waals surface area contributed by atoms with Crippen LogP contribution in [-0.2, 0) is 6.54 Å². The van der Waals surface area contributed by atoms with Crippen LogP contribution in [0.2, 0.25) is 0 Å². The summed E-state index contributed by atoms with van der Waals surface area (Å²) in [5.74, 6) is 0. The van der Waals surface area contributed by atoms with Gasteiger partial charge in [-0.05, 0) is 95.4 Å². The van der Waals surface area contributed by atoms with Crippen LogP contribution >= 0.6 is 0 Å². The van der Waals surface area contributed by atoms with Crippen LogP contribution in [0.1, 0.15) is 6.92 Å². The van der Waals surface area contributed by atoms with Gasteiger partial charge in [0.1, 0.15) is 11.2 Å². The van der Waals surface area contributed by atoms with E-state index >= 15 is 0 Å². The SMILES string of the molecule is C/C=C\C=C/Cn1c2ccccc2c2c(-c3ccc(N(c4ccc(-c5ccccc5)cc4)c4ccc5oc6ccccc6c5c4)c(-c4ccccc4)c3)cccc21. The second-order valence-corrected chi connectivity index (χ2v) is 14.4. The molecule has 2 heterocycles. The summed E-state index contributed by atoms with van der Waals surface area (Å²) in [5, 5.41) is 4.73. The van der Waals surface area contributed by atoms with Gasteiger partial charge in [-0.25, -0.2) is 0 Å². The van der Waals surface area contributed by atoms with Gasteiger partial charge in [0, 0.05) is 50.5 Å². The number of anilines is 3. The Morgan fingerprint density at radius 1 is 0.474 bits per heavy atom. The first-order valence-corrected chi connectivity index (χ1v) is 19.6. The number of para-hydroxylation sites is 2. The highest BCUT2D eigenvalue weighted by atomic mass is 16.3. The molecule has 0 saturated heterocycles. The molecule has 0 saturated carbocycles. The van der Waals surface area contributed by atoms with Crippen LogP contribution in [0.4, 0.5) is 17.1 Å². The van der Waals surface area contributed by atoms with Crippen LogP contribution < -0.4 is 4.90 Å². The maximum absolute atomic E-state index is 6.29. The molecular formula is C54H40N2O. The van der Waals surface area contributed by atoms with Crippen molar-refractivity contribution in [2.24, 2.45) is 0 Å². The smallest absolute Gasteiger partial charge is 0.135 e. The van der Waals surface area contributed by atoms with Gasteiger partial charge in [-0.15, -0.1) is 0 Å². The lowest BCUT2D eigenvalue weighted by atomic mass is 9.94. The average Bonchev–Trinajstić information content (AvgIpc) is 3.81. The van der Waals surface area contributed by atoms with E-state index in [0.717, 1.165) is 56.7 Å². The molecule has 0 aliphatic carbocycles. The summed E-state index contributed by atoms with van der Waals surface area (Å²) in [6, 6.07) is 67.6. The Bertz CT molecular complexity index is 3090. The third kappa shape index (κ3) is 6.20. The van der Waals surface area contributed by atoms with Crippen molar-refractivity contribution in [1.29, 1.82) is 0 Å². The van der Waals surface area contributed by atoms with Crippen molar-refractivity contribution < 1.29 is 4.42 Å². The van der Waals surface area contributed by atoms with E-state index in [0.29, 0.717) is 0 Å². The van der Waals surface area contributed by atoms with Crippen molar-refractivity contribution in [2.75, 3.05) is 4.90 Å². The molecule has 10 aromatic rings. The van der Waals surface area contributed by atoms with Gasteiger partial charge in [0.15, 0.2) is 0 Å². The quantitative estimate of drug-likeness (QED) is 0.138. The molecule has 3 heteroatoms. The first kappa shape index (κ1) is 34.2. The van der Waals surface area contributed by atoms with E-state index in [2.05, 4.69) is 210 Å². The zero-order chi connectivity index (χ0) is 38.1. The second-order valence-electron chi connectivity index (χ2n) is 14.4. The number of rotatable bonds is 9. The fourth-order valence-electron chi connectivity index (χ4n) is 8.35. The summed E-state index contributed by atoms with van der Waals surface area (Å²) >= 11 is 0. The standard InChI is InChI=1S/C54H40N2O/c1-2-3-4-15-35-55-49-24-13-11-22-46(49)54-44(23-16-25-51(54)55)41-29-33-50(47(36-41)40-19-9-6-10-20-40)56(42-30-27-39(28-31-42)38-17-7-5-8-18-38)43-32-34-53-48(37-43)45-21-12-14-26-52(45)57-53/h2-34,36-37H,35H2,1H3/b3-2-,15-4-. The summed E-state index contributed by atoms with van der Waals surface area (Å²) in [5.41, 5.74) is 14.5. The lowest BCUT2D eigenvalue weighted by Gasteiger charge is -2.28. The minimum atomic E-state index is 0.792. The molecule has 0 N–H and O–H groups in total. The number of allylic oxidation sites excluding steroid dienone is 4. The Morgan fingerprint density at radius 3 is 1.93 bits per heavy atom. The molecule has 0 aliphatic rings. The number of hydrogen-bond acceptors (Lipinski definition) is 2. The molecule has 10 rings (SSSR count). The Labute approximate surface area is 332 Å². The molecule has 0 bridgehead atoms. The minimum Gasteiger partial charge on any atom is -0.456 e. The molecule has 0 aliphatic heterocycles. The molecule has 0 spiro atoms. The van der Waals surface area contributed by atoms with Crippen molar-refractivity contribution in [1.82, 2.24) is 4.57 Å².